The molecule has 0 amide bonds. The van der Waals surface area contributed by atoms with Crippen molar-refractivity contribution < 1.29 is 22.5 Å². The number of esters is 1. The summed E-state index contributed by atoms with van der Waals surface area (Å²) < 4.78 is 34.9. The first-order valence-corrected chi connectivity index (χ1v) is 7.38. The number of benzene rings is 2. The van der Waals surface area contributed by atoms with Crippen molar-refractivity contribution >= 4 is 26.9 Å². The minimum Gasteiger partial charge on any atom is -0.466 e. The molecule has 0 bridgehead atoms. The van der Waals surface area contributed by atoms with Crippen LogP contribution in [0.25, 0.3) is 10.8 Å². The molecule has 0 aromatic heterocycles. The largest absolute Gasteiger partial charge is 0.466 e. The van der Waals surface area contributed by atoms with Gasteiger partial charge in [0.1, 0.15) is 0 Å². The van der Waals surface area contributed by atoms with Crippen molar-refractivity contribution in [1.82, 2.24) is 0 Å². The van der Waals surface area contributed by atoms with Gasteiger partial charge in [0.05, 0.1) is 11.5 Å². The summed E-state index contributed by atoms with van der Waals surface area (Å²) in [6.07, 6.45) is 0. The van der Waals surface area contributed by atoms with Gasteiger partial charge in [-0.1, -0.05) is 30.3 Å². The summed E-state index contributed by atoms with van der Waals surface area (Å²) in [5.41, 5.74) is 0. The van der Waals surface area contributed by atoms with E-state index in [-0.39, 0.29) is 10.9 Å². The second-order valence-electron chi connectivity index (χ2n) is 3.91. The maximum Gasteiger partial charge on any atom is 0.302 e. The van der Waals surface area contributed by atoms with E-state index in [1.54, 1.807) is 19.1 Å². The van der Waals surface area contributed by atoms with Gasteiger partial charge >= 0.3 is 5.97 Å². The lowest BCUT2D eigenvalue weighted by Gasteiger charge is -1.99. The average molecular weight is 296 g/mol. The molecule has 0 unspecified atom stereocenters. The molecule has 2 rings (SSSR count). The summed E-state index contributed by atoms with van der Waals surface area (Å²) in [5.74, 6) is -0.211. The summed E-state index contributed by atoms with van der Waals surface area (Å²) in [5, 5.41) is 1.74. The molecule has 0 aliphatic heterocycles. The zero-order valence-electron chi connectivity index (χ0n) is 11.2. The highest BCUT2D eigenvalue weighted by Crippen LogP contribution is 2.18. The molecular weight excluding hydrogens is 280 g/mol. The van der Waals surface area contributed by atoms with Crippen LogP contribution >= 0.6 is 0 Å². The molecule has 0 fully saturated rings. The van der Waals surface area contributed by atoms with Crippen LogP contribution < -0.4 is 0 Å². The average Bonchev–Trinajstić information content (AvgIpc) is 2.37. The standard InChI is InChI=1S/C10H8O3S.C4H8O2/c11-14(12,13)10-6-5-8-3-1-2-4-9(8)7-10;1-3-6-4(2)5/h1-7H,(H,11,12,13);3H2,1-2H3. The number of carbonyl (C=O) groups is 1. The molecule has 0 atom stereocenters. The Labute approximate surface area is 117 Å². The van der Waals surface area contributed by atoms with Gasteiger partial charge in [-0.15, -0.1) is 0 Å². The van der Waals surface area contributed by atoms with Crippen molar-refractivity contribution in [2.24, 2.45) is 0 Å². The Morgan fingerprint density at radius 3 is 2.20 bits per heavy atom. The van der Waals surface area contributed by atoms with E-state index in [1.807, 2.05) is 18.2 Å². The Morgan fingerprint density at radius 1 is 1.15 bits per heavy atom. The van der Waals surface area contributed by atoms with Crippen molar-refractivity contribution in [3.05, 3.63) is 42.5 Å². The third kappa shape index (κ3) is 4.99. The quantitative estimate of drug-likeness (QED) is 0.680. The van der Waals surface area contributed by atoms with Crippen LogP contribution in [0.2, 0.25) is 0 Å². The van der Waals surface area contributed by atoms with Gasteiger partial charge in [0.25, 0.3) is 10.1 Å². The molecule has 0 aliphatic carbocycles. The zero-order chi connectivity index (χ0) is 15.2. The Hall–Kier alpha value is -1.92. The van der Waals surface area contributed by atoms with Gasteiger partial charge in [-0.05, 0) is 29.8 Å². The van der Waals surface area contributed by atoms with Crippen LogP contribution in [0.4, 0.5) is 0 Å². The molecule has 0 saturated carbocycles. The van der Waals surface area contributed by atoms with Gasteiger partial charge in [-0.3, -0.25) is 9.35 Å². The van der Waals surface area contributed by atoms with Gasteiger partial charge in [0.2, 0.25) is 0 Å². The van der Waals surface area contributed by atoms with Gasteiger partial charge in [0, 0.05) is 6.92 Å². The van der Waals surface area contributed by atoms with Crippen LogP contribution in [0.15, 0.2) is 47.4 Å². The SMILES string of the molecule is CCOC(C)=O.O=S(=O)(O)c1ccc2ccccc2c1. The molecule has 0 spiro atoms. The molecule has 20 heavy (non-hydrogen) atoms. The maximum atomic E-state index is 10.8. The fourth-order valence-corrected chi connectivity index (χ4v) is 2.05. The first-order chi connectivity index (χ1) is 9.34. The van der Waals surface area contributed by atoms with Gasteiger partial charge in [-0.2, -0.15) is 8.42 Å². The molecule has 0 saturated heterocycles. The second-order valence-corrected chi connectivity index (χ2v) is 5.33. The highest BCUT2D eigenvalue weighted by molar-refractivity contribution is 7.85. The number of carbonyl (C=O) groups excluding carboxylic acids is 1. The van der Waals surface area contributed by atoms with E-state index in [2.05, 4.69) is 4.74 Å². The minimum atomic E-state index is -4.09. The number of rotatable bonds is 2. The van der Waals surface area contributed by atoms with E-state index >= 15 is 0 Å². The van der Waals surface area contributed by atoms with Crippen LogP contribution in [-0.2, 0) is 19.6 Å². The van der Waals surface area contributed by atoms with Crippen molar-refractivity contribution in [2.75, 3.05) is 6.61 Å². The third-order valence-electron chi connectivity index (χ3n) is 2.37. The van der Waals surface area contributed by atoms with Gasteiger partial charge < -0.3 is 4.74 Å². The van der Waals surface area contributed by atoms with E-state index in [9.17, 15) is 13.2 Å². The lowest BCUT2D eigenvalue weighted by atomic mass is 10.1. The maximum absolute atomic E-state index is 10.8. The molecule has 108 valence electrons. The normalized spacial score (nSPS) is 10.6. The topological polar surface area (TPSA) is 80.7 Å². The lowest BCUT2D eigenvalue weighted by Crippen LogP contribution is -1.97. The predicted octanol–water partition coefficient (Wildman–Crippen LogP) is 2.66. The van der Waals surface area contributed by atoms with Crippen LogP contribution in [0.1, 0.15) is 13.8 Å². The molecule has 0 heterocycles. The molecule has 2 aromatic rings. The van der Waals surface area contributed by atoms with Crippen molar-refractivity contribution in [1.29, 1.82) is 0 Å². The third-order valence-corrected chi connectivity index (χ3v) is 3.22. The molecular formula is C14H16O5S. The van der Waals surface area contributed by atoms with Crippen molar-refractivity contribution in [3.63, 3.8) is 0 Å². The Kier molecular flexibility index (Phi) is 5.66. The lowest BCUT2D eigenvalue weighted by molar-refractivity contribution is -0.140. The van der Waals surface area contributed by atoms with E-state index in [0.29, 0.717) is 6.61 Å². The summed E-state index contributed by atoms with van der Waals surface area (Å²) >= 11 is 0. The van der Waals surface area contributed by atoms with Crippen LogP contribution in [-0.4, -0.2) is 25.5 Å². The predicted molar refractivity (Wildman–Crippen MR) is 76.1 cm³/mol. The first kappa shape index (κ1) is 16.1. The number of hydrogen-bond acceptors (Lipinski definition) is 4. The molecule has 1 N–H and O–H groups in total. The monoisotopic (exact) mass is 296 g/mol. The number of ether oxygens (including phenoxy) is 1. The van der Waals surface area contributed by atoms with Crippen LogP contribution in [0.3, 0.4) is 0 Å². The summed E-state index contributed by atoms with van der Waals surface area (Å²) in [6, 6.07) is 11.9. The van der Waals surface area contributed by atoms with Gasteiger partial charge in [-0.25, -0.2) is 0 Å². The molecule has 6 heteroatoms. The van der Waals surface area contributed by atoms with E-state index in [0.717, 1.165) is 10.8 Å². The van der Waals surface area contributed by atoms with Gasteiger partial charge in [0.15, 0.2) is 0 Å². The second kappa shape index (κ2) is 7.02. The molecule has 5 nitrogen and oxygen atoms in total. The molecule has 0 aliphatic rings. The summed E-state index contributed by atoms with van der Waals surface area (Å²) in [7, 11) is -4.09. The minimum absolute atomic E-state index is 0.0730. The number of fused-ring (bicyclic) bond motifs is 1. The summed E-state index contributed by atoms with van der Waals surface area (Å²) in [6.45, 7) is 3.65. The highest BCUT2D eigenvalue weighted by Gasteiger charge is 2.08. The highest BCUT2D eigenvalue weighted by atomic mass is 32.2. The van der Waals surface area contributed by atoms with E-state index in [1.165, 1.54) is 19.1 Å². The van der Waals surface area contributed by atoms with Crippen molar-refractivity contribution in [2.45, 2.75) is 18.7 Å². The van der Waals surface area contributed by atoms with E-state index in [4.69, 9.17) is 4.55 Å². The fourth-order valence-electron chi connectivity index (χ4n) is 1.53. The molecule has 2 aromatic carbocycles. The molecule has 0 radical (unpaired) electrons. The van der Waals surface area contributed by atoms with Crippen LogP contribution in [0.5, 0.6) is 0 Å². The van der Waals surface area contributed by atoms with Crippen molar-refractivity contribution in [3.8, 4) is 0 Å². The fraction of sp³-hybridized carbons (Fsp3) is 0.214. The Balaban J connectivity index is 0.000000286. The Bertz CT molecular complexity index is 692. The van der Waals surface area contributed by atoms with Crippen LogP contribution in [0, 0.1) is 0 Å². The first-order valence-electron chi connectivity index (χ1n) is 5.94. The smallest absolute Gasteiger partial charge is 0.302 e. The Morgan fingerprint density at radius 2 is 1.75 bits per heavy atom. The summed E-state index contributed by atoms with van der Waals surface area (Å²) in [4.78, 5) is 9.75. The zero-order valence-corrected chi connectivity index (χ0v) is 12.1. The number of hydrogen-bond donors (Lipinski definition) is 1. The van der Waals surface area contributed by atoms with E-state index < -0.39 is 10.1 Å².